The van der Waals surface area contributed by atoms with Crippen molar-refractivity contribution in [2.24, 2.45) is 11.8 Å². The van der Waals surface area contributed by atoms with Crippen LogP contribution in [0.5, 0.6) is 0 Å². The summed E-state index contributed by atoms with van der Waals surface area (Å²) < 4.78 is 5.51. The van der Waals surface area contributed by atoms with Gasteiger partial charge >= 0.3 is 0 Å². The van der Waals surface area contributed by atoms with Gasteiger partial charge < -0.3 is 10.1 Å². The van der Waals surface area contributed by atoms with E-state index in [9.17, 15) is 0 Å². The number of epoxide rings is 1. The second kappa shape index (κ2) is 3.35. The largest absolute Gasteiger partial charge is 0.368 e. The van der Waals surface area contributed by atoms with Crippen LogP contribution in [0.3, 0.4) is 0 Å². The number of hydrogen-bond donors (Lipinski definition) is 1. The monoisotopic (exact) mass is 169 g/mol. The number of fused-ring (bicyclic) bond motifs is 1. The summed E-state index contributed by atoms with van der Waals surface area (Å²) in [6, 6.07) is 0. The molecule has 0 amide bonds. The molecule has 4 unspecified atom stereocenters. The molecule has 2 aliphatic rings. The Kier molecular flexibility index (Phi) is 2.37. The minimum absolute atomic E-state index is 0.544. The molecule has 0 aromatic rings. The molecule has 0 spiro atoms. The zero-order chi connectivity index (χ0) is 8.55. The Morgan fingerprint density at radius 1 is 1.00 bits per heavy atom. The van der Waals surface area contributed by atoms with Gasteiger partial charge in [-0.05, 0) is 31.2 Å². The Balaban J connectivity index is 1.87. The summed E-state index contributed by atoms with van der Waals surface area (Å²) in [6.07, 6.45) is 3.75. The molecular weight excluding hydrogens is 150 g/mol. The highest BCUT2D eigenvalue weighted by Gasteiger charge is 2.38. The normalized spacial score (nSPS) is 48.5. The molecule has 0 aromatic carbocycles. The lowest BCUT2D eigenvalue weighted by Crippen LogP contribution is -2.27. The van der Waals surface area contributed by atoms with Gasteiger partial charge in [0.2, 0.25) is 0 Å². The maximum absolute atomic E-state index is 5.51. The predicted octanol–water partition coefficient (Wildman–Crippen LogP) is 1.41. The molecule has 2 heteroatoms. The summed E-state index contributed by atoms with van der Waals surface area (Å²) in [5.41, 5.74) is 0. The zero-order valence-electron chi connectivity index (χ0n) is 8.05. The highest BCUT2D eigenvalue weighted by Crippen LogP contribution is 2.30. The van der Waals surface area contributed by atoms with E-state index in [2.05, 4.69) is 19.2 Å². The maximum atomic E-state index is 5.51. The first kappa shape index (κ1) is 8.52. The molecule has 2 rings (SSSR count). The van der Waals surface area contributed by atoms with Gasteiger partial charge in [0, 0.05) is 6.54 Å². The molecule has 12 heavy (non-hydrogen) atoms. The SMILES string of the molecule is CC1CCC2OC2CNCC1C. The average Bonchev–Trinajstić information content (AvgIpc) is 2.78. The second-order valence-corrected chi connectivity index (χ2v) is 4.40. The first-order chi connectivity index (χ1) is 5.77. The Morgan fingerprint density at radius 2 is 1.83 bits per heavy atom. The third kappa shape index (κ3) is 1.80. The molecule has 0 radical (unpaired) electrons. The fourth-order valence-corrected chi connectivity index (χ4v) is 1.98. The molecule has 2 fully saturated rings. The van der Waals surface area contributed by atoms with Gasteiger partial charge in [0.25, 0.3) is 0 Å². The second-order valence-electron chi connectivity index (χ2n) is 4.40. The van der Waals surface area contributed by atoms with Gasteiger partial charge in [0.05, 0.1) is 12.2 Å². The molecule has 0 bridgehead atoms. The van der Waals surface area contributed by atoms with Crippen LogP contribution >= 0.6 is 0 Å². The van der Waals surface area contributed by atoms with Crippen LogP contribution in [0.1, 0.15) is 26.7 Å². The number of rotatable bonds is 0. The number of hydrogen-bond acceptors (Lipinski definition) is 2. The fourth-order valence-electron chi connectivity index (χ4n) is 1.98. The van der Waals surface area contributed by atoms with Crippen molar-refractivity contribution >= 4 is 0 Å². The average molecular weight is 169 g/mol. The predicted molar refractivity (Wildman–Crippen MR) is 49.1 cm³/mol. The minimum Gasteiger partial charge on any atom is -0.368 e. The van der Waals surface area contributed by atoms with Crippen molar-refractivity contribution in [2.75, 3.05) is 13.1 Å². The van der Waals surface area contributed by atoms with Gasteiger partial charge in [0.15, 0.2) is 0 Å². The summed E-state index contributed by atoms with van der Waals surface area (Å²) in [7, 11) is 0. The van der Waals surface area contributed by atoms with E-state index in [0.717, 1.165) is 24.9 Å². The molecule has 1 N–H and O–H groups in total. The van der Waals surface area contributed by atoms with Crippen LogP contribution in [0.15, 0.2) is 0 Å². The van der Waals surface area contributed by atoms with Crippen LogP contribution in [-0.2, 0) is 4.74 Å². The van der Waals surface area contributed by atoms with Crippen molar-refractivity contribution < 1.29 is 4.74 Å². The van der Waals surface area contributed by atoms with Crippen LogP contribution in [0.25, 0.3) is 0 Å². The summed E-state index contributed by atoms with van der Waals surface area (Å²) in [6.45, 7) is 6.93. The lowest BCUT2D eigenvalue weighted by molar-refractivity contribution is 0.293. The van der Waals surface area contributed by atoms with Gasteiger partial charge in [-0.3, -0.25) is 0 Å². The molecule has 70 valence electrons. The van der Waals surface area contributed by atoms with Crippen molar-refractivity contribution in [1.82, 2.24) is 5.32 Å². The molecule has 2 saturated heterocycles. The standard InChI is InChI=1S/C10H19NO/c1-7-3-4-9-10(12-9)6-11-5-8(7)2/h7-11H,3-6H2,1-2H3. The lowest BCUT2D eigenvalue weighted by atomic mass is 9.91. The molecule has 0 saturated carbocycles. The highest BCUT2D eigenvalue weighted by atomic mass is 16.6. The van der Waals surface area contributed by atoms with E-state index in [4.69, 9.17) is 4.74 Å². The Hall–Kier alpha value is -0.0800. The smallest absolute Gasteiger partial charge is 0.0965 e. The molecule has 0 aromatic heterocycles. The lowest BCUT2D eigenvalue weighted by Gasteiger charge is -2.18. The van der Waals surface area contributed by atoms with E-state index in [-0.39, 0.29) is 0 Å². The van der Waals surface area contributed by atoms with Crippen molar-refractivity contribution in [1.29, 1.82) is 0 Å². The highest BCUT2D eigenvalue weighted by molar-refractivity contribution is 4.88. The van der Waals surface area contributed by atoms with Crippen LogP contribution in [0, 0.1) is 11.8 Å². The van der Waals surface area contributed by atoms with E-state index in [1.165, 1.54) is 12.8 Å². The number of nitrogens with one attached hydrogen (secondary N) is 1. The molecular formula is C10H19NO. The maximum Gasteiger partial charge on any atom is 0.0965 e. The van der Waals surface area contributed by atoms with E-state index in [1.54, 1.807) is 0 Å². The first-order valence-corrected chi connectivity index (χ1v) is 5.13. The Morgan fingerprint density at radius 3 is 2.67 bits per heavy atom. The molecule has 0 aliphatic carbocycles. The van der Waals surface area contributed by atoms with Gasteiger partial charge in [-0.25, -0.2) is 0 Å². The van der Waals surface area contributed by atoms with E-state index in [1.807, 2.05) is 0 Å². The molecule has 4 atom stereocenters. The topological polar surface area (TPSA) is 24.6 Å². The van der Waals surface area contributed by atoms with Gasteiger partial charge in [-0.2, -0.15) is 0 Å². The van der Waals surface area contributed by atoms with Crippen LogP contribution < -0.4 is 5.32 Å². The third-order valence-electron chi connectivity index (χ3n) is 3.38. The summed E-state index contributed by atoms with van der Waals surface area (Å²) >= 11 is 0. The van der Waals surface area contributed by atoms with Crippen molar-refractivity contribution in [3.8, 4) is 0 Å². The minimum atomic E-state index is 0.544. The van der Waals surface area contributed by atoms with Gasteiger partial charge in [0.1, 0.15) is 0 Å². The van der Waals surface area contributed by atoms with Crippen molar-refractivity contribution in [3.63, 3.8) is 0 Å². The van der Waals surface area contributed by atoms with Crippen molar-refractivity contribution in [3.05, 3.63) is 0 Å². The summed E-state index contributed by atoms with van der Waals surface area (Å²) in [5.74, 6) is 1.67. The van der Waals surface area contributed by atoms with Crippen LogP contribution in [0.2, 0.25) is 0 Å². The molecule has 2 aliphatic heterocycles. The van der Waals surface area contributed by atoms with E-state index in [0.29, 0.717) is 12.2 Å². The van der Waals surface area contributed by atoms with Crippen LogP contribution in [0.4, 0.5) is 0 Å². The van der Waals surface area contributed by atoms with Gasteiger partial charge in [-0.15, -0.1) is 0 Å². The quantitative estimate of drug-likeness (QED) is 0.554. The Labute approximate surface area is 74.7 Å². The van der Waals surface area contributed by atoms with Gasteiger partial charge in [-0.1, -0.05) is 13.8 Å². The molecule has 2 heterocycles. The molecule has 2 nitrogen and oxygen atoms in total. The zero-order valence-corrected chi connectivity index (χ0v) is 8.05. The number of ether oxygens (including phenoxy) is 1. The third-order valence-corrected chi connectivity index (χ3v) is 3.38. The van der Waals surface area contributed by atoms with E-state index < -0.39 is 0 Å². The van der Waals surface area contributed by atoms with Crippen molar-refractivity contribution in [2.45, 2.75) is 38.9 Å². The van der Waals surface area contributed by atoms with E-state index >= 15 is 0 Å². The summed E-state index contributed by atoms with van der Waals surface area (Å²) in [5, 5.41) is 3.47. The fraction of sp³-hybridized carbons (Fsp3) is 1.00. The Bertz CT molecular complexity index is 160. The van der Waals surface area contributed by atoms with Crippen LogP contribution in [-0.4, -0.2) is 25.3 Å². The first-order valence-electron chi connectivity index (χ1n) is 5.13. The summed E-state index contributed by atoms with van der Waals surface area (Å²) in [4.78, 5) is 0.